The Labute approximate surface area is 89.9 Å². The molecule has 1 aliphatic heterocycles. The summed E-state index contributed by atoms with van der Waals surface area (Å²) in [6, 6.07) is 8.27. The van der Waals surface area contributed by atoms with E-state index in [0.29, 0.717) is 0 Å². The summed E-state index contributed by atoms with van der Waals surface area (Å²) in [4.78, 5) is 2.21. The first-order chi connectivity index (χ1) is 7.30. The van der Waals surface area contributed by atoms with Crippen molar-refractivity contribution in [3.63, 3.8) is 0 Å². The molecule has 1 aliphatic rings. The number of methoxy groups -OCH3 is 1. The van der Waals surface area contributed by atoms with Gasteiger partial charge in [0.15, 0.2) is 0 Å². The molecule has 15 heavy (non-hydrogen) atoms. The molecule has 1 aromatic rings. The maximum absolute atomic E-state index is 9.04. The maximum atomic E-state index is 9.04. The molecule has 2 rings (SSSR count). The van der Waals surface area contributed by atoms with E-state index in [1.807, 2.05) is 18.2 Å². The lowest BCUT2D eigenvalue weighted by Gasteiger charge is -2.16. The molecule has 0 saturated heterocycles. The second-order valence-corrected chi connectivity index (χ2v) is 3.65. The van der Waals surface area contributed by atoms with Crippen LogP contribution in [0.4, 0.5) is 5.69 Å². The van der Waals surface area contributed by atoms with Crippen LogP contribution in [0.25, 0.3) is 0 Å². The largest absolute Gasteiger partial charge is 0.497 e. The third kappa shape index (κ3) is 1.52. The van der Waals surface area contributed by atoms with Crippen molar-refractivity contribution in [1.82, 2.24) is 0 Å². The first-order valence-electron chi connectivity index (χ1n) is 5.12. The number of hydrogen-bond donors (Lipinski definition) is 0. The molecule has 0 radical (unpaired) electrons. The molecule has 0 aliphatic carbocycles. The molecule has 0 bridgehead atoms. The molecule has 3 heteroatoms. The van der Waals surface area contributed by atoms with Crippen LogP contribution < -0.4 is 9.64 Å². The lowest BCUT2D eigenvalue weighted by molar-refractivity contribution is 0.415. The van der Waals surface area contributed by atoms with Gasteiger partial charge in [-0.25, -0.2) is 0 Å². The number of likely N-dealkylation sites (N-methyl/N-ethyl adjacent to an activating group) is 1. The van der Waals surface area contributed by atoms with Gasteiger partial charge in [0.05, 0.1) is 19.1 Å². The highest BCUT2D eigenvalue weighted by molar-refractivity contribution is 5.64. The van der Waals surface area contributed by atoms with E-state index in [4.69, 9.17) is 10.00 Å². The molecule has 0 aromatic heterocycles. The molecular weight excluding hydrogens is 188 g/mol. The van der Waals surface area contributed by atoms with Gasteiger partial charge in [-0.2, -0.15) is 5.26 Å². The molecular formula is C12H14N2O. The quantitative estimate of drug-likeness (QED) is 0.737. The number of rotatable bonds is 2. The Kier molecular flexibility index (Phi) is 2.51. The third-order valence-corrected chi connectivity index (χ3v) is 2.89. The minimum atomic E-state index is 0.00542. The zero-order valence-corrected chi connectivity index (χ0v) is 9.03. The molecule has 0 spiro atoms. The zero-order valence-electron chi connectivity index (χ0n) is 9.03. The Morgan fingerprint density at radius 3 is 3.00 bits per heavy atom. The number of hydrogen-bond acceptors (Lipinski definition) is 3. The van der Waals surface area contributed by atoms with Crippen LogP contribution in [-0.4, -0.2) is 20.2 Å². The van der Waals surface area contributed by atoms with E-state index in [1.54, 1.807) is 7.11 Å². The van der Waals surface area contributed by atoms with Crippen molar-refractivity contribution in [2.24, 2.45) is 0 Å². The lowest BCUT2D eigenvalue weighted by Crippen LogP contribution is -2.20. The molecule has 1 atom stereocenters. The van der Waals surface area contributed by atoms with Crippen LogP contribution in [-0.2, 0) is 0 Å². The van der Waals surface area contributed by atoms with E-state index in [9.17, 15) is 0 Å². The van der Waals surface area contributed by atoms with Crippen LogP contribution in [0.3, 0.4) is 0 Å². The average molecular weight is 202 g/mol. The lowest BCUT2D eigenvalue weighted by atomic mass is 10.0. The fourth-order valence-corrected chi connectivity index (χ4v) is 2.05. The van der Waals surface area contributed by atoms with Gasteiger partial charge in [-0.15, -0.1) is 0 Å². The second-order valence-electron chi connectivity index (χ2n) is 3.65. The number of anilines is 1. The van der Waals surface area contributed by atoms with E-state index >= 15 is 0 Å². The predicted molar refractivity (Wildman–Crippen MR) is 59.2 cm³/mol. The van der Waals surface area contributed by atoms with Crippen LogP contribution in [0.5, 0.6) is 5.75 Å². The van der Waals surface area contributed by atoms with Crippen molar-refractivity contribution in [1.29, 1.82) is 5.26 Å². The van der Waals surface area contributed by atoms with Crippen LogP contribution in [0.15, 0.2) is 18.2 Å². The summed E-state index contributed by atoms with van der Waals surface area (Å²) in [6.45, 7) is 3.83. The van der Waals surface area contributed by atoms with E-state index in [-0.39, 0.29) is 5.92 Å². The minimum Gasteiger partial charge on any atom is -0.497 e. The van der Waals surface area contributed by atoms with Gasteiger partial charge in [0.1, 0.15) is 5.75 Å². The van der Waals surface area contributed by atoms with Crippen molar-refractivity contribution in [2.75, 3.05) is 25.1 Å². The SMILES string of the molecule is CCN1CC(C#N)c2ccc(OC)cc21. The van der Waals surface area contributed by atoms with Crippen molar-refractivity contribution in [2.45, 2.75) is 12.8 Å². The predicted octanol–water partition coefficient (Wildman–Crippen LogP) is 2.14. The molecule has 3 nitrogen and oxygen atoms in total. The number of benzene rings is 1. The molecule has 0 fully saturated rings. The van der Waals surface area contributed by atoms with Gasteiger partial charge in [-0.3, -0.25) is 0 Å². The smallest absolute Gasteiger partial charge is 0.120 e. The fraction of sp³-hybridized carbons (Fsp3) is 0.417. The van der Waals surface area contributed by atoms with E-state index in [0.717, 1.165) is 30.1 Å². The van der Waals surface area contributed by atoms with Crippen molar-refractivity contribution in [3.8, 4) is 11.8 Å². The topological polar surface area (TPSA) is 36.3 Å². The Morgan fingerprint density at radius 2 is 2.40 bits per heavy atom. The van der Waals surface area contributed by atoms with Gasteiger partial charge in [0.2, 0.25) is 0 Å². The van der Waals surface area contributed by atoms with Gasteiger partial charge < -0.3 is 9.64 Å². The zero-order chi connectivity index (χ0) is 10.8. The van der Waals surface area contributed by atoms with Gasteiger partial charge >= 0.3 is 0 Å². The summed E-state index contributed by atoms with van der Waals surface area (Å²) in [5.74, 6) is 0.858. The minimum absolute atomic E-state index is 0.00542. The highest BCUT2D eigenvalue weighted by Gasteiger charge is 2.27. The molecule has 0 N–H and O–H groups in total. The van der Waals surface area contributed by atoms with Crippen LogP contribution in [0.1, 0.15) is 18.4 Å². The number of fused-ring (bicyclic) bond motifs is 1. The summed E-state index contributed by atoms with van der Waals surface area (Å²) >= 11 is 0. The Morgan fingerprint density at radius 1 is 1.60 bits per heavy atom. The van der Waals surface area contributed by atoms with Gasteiger partial charge in [0.25, 0.3) is 0 Å². The molecule has 1 aromatic carbocycles. The highest BCUT2D eigenvalue weighted by Crippen LogP contribution is 2.37. The Balaban J connectivity index is 2.45. The standard InChI is InChI=1S/C12H14N2O/c1-3-14-8-9(7-13)11-5-4-10(15-2)6-12(11)14/h4-6,9H,3,8H2,1-2H3. The number of nitrogens with zero attached hydrogens (tertiary/aromatic N) is 2. The van der Waals surface area contributed by atoms with E-state index in [1.165, 1.54) is 0 Å². The maximum Gasteiger partial charge on any atom is 0.120 e. The number of nitriles is 1. The molecule has 0 saturated carbocycles. The summed E-state index contributed by atoms with van der Waals surface area (Å²) in [7, 11) is 1.66. The second kappa shape index (κ2) is 3.82. The van der Waals surface area contributed by atoms with Crippen LogP contribution >= 0.6 is 0 Å². The normalized spacial score (nSPS) is 18.5. The summed E-state index contributed by atoms with van der Waals surface area (Å²) in [5.41, 5.74) is 2.27. The van der Waals surface area contributed by atoms with Crippen molar-refractivity contribution < 1.29 is 4.74 Å². The first kappa shape index (κ1) is 9.85. The first-order valence-corrected chi connectivity index (χ1v) is 5.12. The van der Waals surface area contributed by atoms with E-state index in [2.05, 4.69) is 17.9 Å². The molecule has 0 amide bonds. The van der Waals surface area contributed by atoms with Crippen LogP contribution in [0.2, 0.25) is 0 Å². The van der Waals surface area contributed by atoms with Gasteiger partial charge in [-0.1, -0.05) is 6.07 Å². The third-order valence-electron chi connectivity index (χ3n) is 2.89. The summed E-state index contributed by atoms with van der Waals surface area (Å²) < 4.78 is 5.19. The Hall–Kier alpha value is -1.69. The molecule has 1 heterocycles. The summed E-state index contributed by atoms with van der Waals surface area (Å²) in [6.07, 6.45) is 0. The van der Waals surface area contributed by atoms with Crippen LogP contribution in [0, 0.1) is 11.3 Å². The van der Waals surface area contributed by atoms with Crippen molar-refractivity contribution >= 4 is 5.69 Å². The van der Waals surface area contributed by atoms with Gasteiger partial charge in [-0.05, 0) is 18.6 Å². The van der Waals surface area contributed by atoms with Gasteiger partial charge in [0, 0.05) is 24.8 Å². The number of ether oxygens (including phenoxy) is 1. The molecule has 78 valence electrons. The Bertz CT molecular complexity index is 409. The highest BCUT2D eigenvalue weighted by atomic mass is 16.5. The average Bonchev–Trinajstić information content (AvgIpc) is 2.65. The van der Waals surface area contributed by atoms with Crippen molar-refractivity contribution in [3.05, 3.63) is 23.8 Å². The summed E-state index contributed by atoms with van der Waals surface area (Å²) in [5, 5.41) is 9.04. The monoisotopic (exact) mass is 202 g/mol. The molecule has 1 unspecified atom stereocenters. The van der Waals surface area contributed by atoms with E-state index < -0.39 is 0 Å². The fourth-order valence-electron chi connectivity index (χ4n) is 2.05.